The van der Waals surface area contributed by atoms with Gasteiger partial charge in [-0.05, 0) is 25.5 Å². The van der Waals surface area contributed by atoms with E-state index >= 15 is 0 Å². The number of aryl methyl sites for hydroxylation is 2. The molecule has 0 saturated carbocycles. The van der Waals surface area contributed by atoms with Gasteiger partial charge in [0, 0.05) is 17.3 Å². The Balaban J connectivity index is 3.35. The summed E-state index contributed by atoms with van der Waals surface area (Å²) in [4.78, 5) is 3.12. The van der Waals surface area contributed by atoms with E-state index in [0.29, 0.717) is 5.69 Å². The van der Waals surface area contributed by atoms with E-state index in [1.807, 2.05) is 13.8 Å². The van der Waals surface area contributed by atoms with Crippen LogP contribution in [0.1, 0.15) is 11.1 Å². The third kappa shape index (κ3) is 1.30. The lowest BCUT2D eigenvalue weighted by atomic mass is 10.1. The molecule has 0 heterocycles. The molecule has 0 unspecified atom stereocenters. The molecule has 3 heteroatoms. The van der Waals surface area contributed by atoms with E-state index in [-0.39, 0.29) is 0 Å². The summed E-state index contributed by atoms with van der Waals surface area (Å²) in [5.74, 6) is 0. The molecule has 0 aliphatic carbocycles. The third-order valence-corrected chi connectivity index (χ3v) is 1.69. The number of diazo groups is 1. The number of hydrogen-bond donors (Lipinski definition) is 1. The van der Waals surface area contributed by atoms with Gasteiger partial charge in [0.05, 0.1) is 0 Å². The van der Waals surface area contributed by atoms with Crippen molar-refractivity contribution in [3.8, 4) is 0 Å². The normalized spacial score (nSPS) is 9.18. The van der Waals surface area contributed by atoms with Crippen molar-refractivity contribution in [1.29, 1.82) is 5.39 Å². The van der Waals surface area contributed by atoms with Crippen molar-refractivity contribution in [2.24, 2.45) is 0 Å². The van der Waals surface area contributed by atoms with E-state index in [1.165, 1.54) is 0 Å². The minimum absolute atomic E-state index is 0.580. The van der Waals surface area contributed by atoms with Crippen LogP contribution in [-0.4, -0.2) is 0 Å². The van der Waals surface area contributed by atoms with Crippen LogP contribution in [0.5, 0.6) is 0 Å². The maximum atomic E-state index is 8.52. The number of nitrogen functional groups attached to an aromatic ring is 1. The van der Waals surface area contributed by atoms with Gasteiger partial charge in [-0.2, -0.15) is 0 Å². The lowest BCUT2D eigenvalue weighted by molar-refractivity contribution is 1.38. The zero-order chi connectivity index (χ0) is 8.43. The van der Waals surface area contributed by atoms with Crippen LogP contribution in [0, 0.1) is 19.2 Å². The smallest absolute Gasteiger partial charge is 0.388 e. The molecular weight excluding hydrogens is 138 g/mol. The number of nitrogens with zero attached hydrogens (tertiary/aromatic N) is 2. The van der Waals surface area contributed by atoms with Crippen LogP contribution in [0.15, 0.2) is 12.1 Å². The van der Waals surface area contributed by atoms with Crippen molar-refractivity contribution < 1.29 is 0 Å². The van der Waals surface area contributed by atoms with Crippen molar-refractivity contribution in [2.45, 2.75) is 13.8 Å². The van der Waals surface area contributed by atoms with Crippen LogP contribution in [0.3, 0.4) is 0 Å². The second kappa shape index (κ2) is 2.59. The number of anilines is 1. The maximum Gasteiger partial charge on any atom is 0.388 e. The maximum absolute atomic E-state index is 8.52. The summed E-state index contributed by atoms with van der Waals surface area (Å²) in [7, 11) is 0. The molecule has 1 aromatic carbocycles. The molecule has 0 aromatic heterocycles. The first kappa shape index (κ1) is 7.55. The summed E-state index contributed by atoms with van der Waals surface area (Å²) in [5.41, 5.74) is 8.75. The van der Waals surface area contributed by atoms with Crippen molar-refractivity contribution in [2.75, 3.05) is 5.73 Å². The Morgan fingerprint density at radius 3 is 2.45 bits per heavy atom. The molecule has 1 rings (SSSR count). The Bertz CT molecular complexity index is 323. The molecule has 11 heavy (non-hydrogen) atoms. The second-order valence-corrected chi connectivity index (χ2v) is 2.60. The second-order valence-electron chi connectivity index (χ2n) is 2.60. The van der Waals surface area contributed by atoms with Gasteiger partial charge >= 0.3 is 5.69 Å². The molecule has 0 amide bonds. The van der Waals surface area contributed by atoms with E-state index in [2.05, 4.69) is 4.98 Å². The van der Waals surface area contributed by atoms with Gasteiger partial charge in [0.1, 0.15) is 0 Å². The topological polar surface area (TPSA) is 54.2 Å². The number of hydrogen-bond acceptors (Lipinski definition) is 2. The highest BCUT2D eigenvalue weighted by molar-refractivity contribution is 5.61. The molecular formula is C8H10N3+. The largest absolute Gasteiger partial charge is 0.398 e. The third-order valence-electron chi connectivity index (χ3n) is 1.69. The molecule has 56 valence electrons. The summed E-state index contributed by atoms with van der Waals surface area (Å²) < 4.78 is 0. The van der Waals surface area contributed by atoms with Crippen molar-refractivity contribution in [3.63, 3.8) is 0 Å². The summed E-state index contributed by atoms with van der Waals surface area (Å²) in [6.07, 6.45) is 0. The van der Waals surface area contributed by atoms with Gasteiger partial charge in [-0.15, -0.1) is 0 Å². The fourth-order valence-corrected chi connectivity index (χ4v) is 0.931. The average Bonchev–Trinajstić information content (AvgIpc) is 1.97. The molecule has 0 bridgehead atoms. The zero-order valence-corrected chi connectivity index (χ0v) is 6.63. The summed E-state index contributed by atoms with van der Waals surface area (Å²) >= 11 is 0. The standard InChI is InChI=1S/C8H10N3/c1-5-4-8(11-10)6(2)3-7(5)9/h3-4H,9H2,1-2H3/q+1. The molecule has 0 fully saturated rings. The monoisotopic (exact) mass is 148 g/mol. The molecule has 0 aliphatic rings. The highest BCUT2D eigenvalue weighted by Gasteiger charge is 2.10. The molecule has 0 atom stereocenters. The quantitative estimate of drug-likeness (QED) is 0.453. The van der Waals surface area contributed by atoms with Gasteiger partial charge < -0.3 is 5.73 Å². The fourth-order valence-electron chi connectivity index (χ4n) is 0.931. The number of nitrogens with two attached hydrogens (primary N) is 1. The van der Waals surface area contributed by atoms with Gasteiger partial charge in [0.2, 0.25) is 5.39 Å². The minimum Gasteiger partial charge on any atom is -0.398 e. The van der Waals surface area contributed by atoms with Gasteiger partial charge in [-0.1, -0.05) is 0 Å². The van der Waals surface area contributed by atoms with Gasteiger partial charge in [-0.3, -0.25) is 0 Å². The SMILES string of the molecule is Cc1cc([N+]#N)c(C)cc1N. The fraction of sp³-hybridized carbons (Fsp3) is 0.250. The number of rotatable bonds is 0. The summed E-state index contributed by atoms with van der Waals surface area (Å²) in [5, 5.41) is 8.52. The van der Waals surface area contributed by atoms with E-state index in [9.17, 15) is 0 Å². The van der Waals surface area contributed by atoms with E-state index in [1.54, 1.807) is 12.1 Å². The number of benzene rings is 1. The molecule has 0 saturated heterocycles. The molecule has 3 nitrogen and oxygen atoms in total. The lowest BCUT2D eigenvalue weighted by Gasteiger charge is -1.96. The Morgan fingerprint density at radius 1 is 1.27 bits per heavy atom. The van der Waals surface area contributed by atoms with Crippen LogP contribution < -0.4 is 5.73 Å². The van der Waals surface area contributed by atoms with Crippen LogP contribution in [-0.2, 0) is 0 Å². The van der Waals surface area contributed by atoms with Crippen LogP contribution in [0.4, 0.5) is 11.4 Å². The first-order valence-electron chi connectivity index (χ1n) is 3.37. The minimum atomic E-state index is 0.580. The molecule has 0 radical (unpaired) electrons. The molecule has 0 aliphatic heterocycles. The first-order valence-corrected chi connectivity index (χ1v) is 3.37. The van der Waals surface area contributed by atoms with Crippen molar-refractivity contribution in [3.05, 3.63) is 28.2 Å². The Hall–Kier alpha value is -1.56. The highest BCUT2D eigenvalue weighted by Crippen LogP contribution is 2.23. The first-order chi connectivity index (χ1) is 5.15. The van der Waals surface area contributed by atoms with Gasteiger partial charge in [0.25, 0.3) is 0 Å². The van der Waals surface area contributed by atoms with Crippen molar-refractivity contribution in [1.82, 2.24) is 0 Å². The van der Waals surface area contributed by atoms with E-state index in [0.717, 1.165) is 16.8 Å². The van der Waals surface area contributed by atoms with Crippen LogP contribution >= 0.6 is 0 Å². The highest BCUT2D eigenvalue weighted by atomic mass is 14.8. The Labute approximate surface area is 65.5 Å². The average molecular weight is 148 g/mol. The van der Waals surface area contributed by atoms with Crippen LogP contribution in [0.2, 0.25) is 0 Å². The predicted molar refractivity (Wildman–Crippen MR) is 45.1 cm³/mol. The van der Waals surface area contributed by atoms with Crippen LogP contribution in [0.25, 0.3) is 4.98 Å². The van der Waals surface area contributed by atoms with Gasteiger partial charge in [-0.25, -0.2) is 0 Å². The zero-order valence-electron chi connectivity index (χ0n) is 6.63. The lowest BCUT2D eigenvalue weighted by Crippen LogP contribution is -1.89. The summed E-state index contributed by atoms with van der Waals surface area (Å²) in [6.45, 7) is 3.73. The Morgan fingerprint density at radius 2 is 1.91 bits per heavy atom. The Kier molecular flexibility index (Phi) is 1.77. The summed E-state index contributed by atoms with van der Waals surface area (Å²) in [6, 6.07) is 3.55. The van der Waals surface area contributed by atoms with E-state index < -0.39 is 0 Å². The predicted octanol–water partition coefficient (Wildman–Crippen LogP) is 2.37. The molecule has 1 aromatic rings. The molecule has 0 spiro atoms. The van der Waals surface area contributed by atoms with Gasteiger partial charge in [0.15, 0.2) is 4.98 Å². The molecule has 2 N–H and O–H groups in total. The van der Waals surface area contributed by atoms with Crippen molar-refractivity contribution >= 4 is 11.4 Å². The van der Waals surface area contributed by atoms with E-state index in [4.69, 9.17) is 11.1 Å².